The molecular formula is C13H16Br2O. The van der Waals surface area contributed by atoms with Crippen molar-refractivity contribution in [3.63, 3.8) is 0 Å². The number of ether oxygens (including phenoxy) is 1. The summed E-state index contributed by atoms with van der Waals surface area (Å²) >= 11 is 7.18. The van der Waals surface area contributed by atoms with E-state index in [0.29, 0.717) is 17.5 Å². The maximum Gasteiger partial charge on any atom is 0.0721 e. The molecule has 0 aromatic heterocycles. The van der Waals surface area contributed by atoms with E-state index in [1.54, 1.807) is 0 Å². The van der Waals surface area contributed by atoms with Crippen molar-refractivity contribution in [2.75, 3.05) is 0 Å². The Kier molecular flexibility index (Phi) is 4.86. The van der Waals surface area contributed by atoms with Gasteiger partial charge in [0.2, 0.25) is 0 Å². The minimum absolute atomic E-state index is 0.382. The highest BCUT2D eigenvalue weighted by Gasteiger charge is 2.23. The van der Waals surface area contributed by atoms with Crippen molar-refractivity contribution >= 4 is 31.9 Å². The third-order valence-electron chi connectivity index (χ3n) is 2.98. The normalized spacial score (nSPS) is 25.6. The molecule has 2 rings (SSSR count). The first-order chi connectivity index (χ1) is 7.75. The Balaban J connectivity index is 1.86. The first kappa shape index (κ1) is 12.6. The van der Waals surface area contributed by atoms with Crippen molar-refractivity contribution in [1.82, 2.24) is 0 Å². The van der Waals surface area contributed by atoms with Crippen LogP contribution in [0.25, 0.3) is 0 Å². The van der Waals surface area contributed by atoms with E-state index in [4.69, 9.17) is 4.74 Å². The predicted molar refractivity (Wildman–Crippen MR) is 73.9 cm³/mol. The molecule has 3 heteroatoms. The minimum atomic E-state index is 0.382. The first-order valence-electron chi connectivity index (χ1n) is 5.76. The van der Waals surface area contributed by atoms with Gasteiger partial charge in [-0.3, -0.25) is 0 Å². The lowest BCUT2D eigenvalue weighted by atomic mass is 9.97. The third-order valence-corrected chi connectivity index (χ3v) is 4.52. The Bertz CT molecular complexity index is 340. The molecule has 1 aliphatic carbocycles. The fraction of sp³-hybridized carbons (Fsp3) is 0.538. The molecule has 0 radical (unpaired) electrons. The largest absolute Gasteiger partial charge is 0.372 e. The summed E-state index contributed by atoms with van der Waals surface area (Å²) in [5, 5.41) is 0. The van der Waals surface area contributed by atoms with Gasteiger partial charge < -0.3 is 4.74 Å². The SMILES string of the molecule is Brc1cccc(COC2CCCCC2Br)c1. The summed E-state index contributed by atoms with van der Waals surface area (Å²) in [6, 6.07) is 8.32. The van der Waals surface area contributed by atoms with E-state index < -0.39 is 0 Å². The molecule has 88 valence electrons. The summed E-state index contributed by atoms with van der Waals surface area (Å²) in [7, 11) is 0. The molecule has 1 saturated carbocycles. The highest BCUT2D eigenvalue weighted by atomic mass is 79.9. The molecule has 0 aliphatic heterocycles. The average Bonchev–Trinajstić information content (AvgIpc) is 2.28. The van der Waals surface area contributed by atoms with E-state index in [2.05, 4.69) is 50.1 Å². The summed E-state index contributed by atoms with van der Waals surface area (Å²) in [5.74, 6) is 0. The van der Waals surface area contributed by atoms with Crippen molar-refractivity contribution < 1.29 is 4.74 Å². The Morgan fingerprint density at radius 1 is 1.25 bits per heavy atom. The van der Waals surface area contributed by atoms with Gasteiger partial charge >= 0.3 is 0 Å². The summed E-state index contributed by atoms with van der Waals surface area (Å²) in [4.78, 5) is 0.536. The van der Waals surface area contributed by atoms with Crippen LogP contribution in [0.2, 0.25) is 0 Å². The second kappa shape index (κ2) is 6.18. The quantitative estimate of drug-likeness (QED) is 0.722. The Morgan fingerprint density at radius 2 is 2.06 bits per heavy atom. The molecule has 1 aromatic rings. The van der Waals surface area contributed by atoms with Crippen LogP contribution in [0, 0.1) is 0 Å². The summed E-state index contributed by atoms with van der Waals surface area (Å²) in [6.07, 6.45) is 5.43. The fourth-order valence-corrected chi connectivity index (χ4v) is 3.26. The van der Waals surface area contributed by atoms with Gasteiger partial charge in [0.25, 0.3) is 0 Å². The van der Waals surface area contributed by atoms with E-state index in [1.165, 1.54) is 31.2 Å². The number of halogens is 2. The first-order valence-corrected chi connectivity index (χ1v) is 7.47. The van der Waals surface area contributed by atoms with Gasteiger partial charge in [-0.25, -0.2) is 0 Å². The molecule has 1 aliphatic rings. The molecule has 1 fully saturated rings. The predicted octanol–water partition coefficient (Wildman–Crippen LogP) is 4.67. The van der Waals surface area contributed by atoms with Crippen LogP contribution in [0.3, 0.4) is 0 Å². The molecule has 0 bridgehead atoms. The number of hydrogen-bond donors (Lipinski definition) is 0. The second-order valence-electron chi connectivity index (χ2n) is 4.28. The van der Waals surface area contributed by atoms with Crippen LogP contribution in [0.15, 0.2) is 28.7 Å². The van der Waals surface area contributed by atoms with Crippen LogP contribution < -0.4 is 0 Å². The van der Waals surface area contributed by atoms with Crippen LogP contribution in [-0.4, -0.2) is 10.9 Å². The molecule has 0 saturated heterocycles. The van der Waals surface area contributed by atoms with Crippen LogP contribution in [0.5, 0.6) is 0 Å². The van der Waals surface area contributed by atoms with E-state index in [9.17, 15) is 0 Å². The fourth-order valence-electron chi connectivity index (χ4n) is 2.07. The number of benzene rings is 1. The number of alkyl halides is 1. The summed E-state index contributed by atoms with van der Waals surface area (Å²) < 4.78 is 7.09. The molecule has 2 atom stereocenters. The van der Waals surface area contributed by atoms with Gasteiger partial charge in [0, 0.05) is 9.30 Å². The lowest BCUT2D eigenvalue weighted by molar-refractivity contribution is 0.0226. The van der Waals surface area contributed by atoms with Gasteiger partial charge in [-0.15, -0.1) is 0 Å². The molecule has 2 unspecified atom stereocenters. The molecule has 1 nitrogen and oxygen atoms in total. The number of hydrogen-bond acceptors (Lipinski definition) is 1. The molecule has 0 spiro atoms. The maximum atomic E-state index is 5.97. The summed E-state index contributed by atoms with van der Waals surface area (Å²) in [5.41, 5.74) is 1.24. The monoisotopic (exact) mass is 346 g/mol. The zero-order chi connectivity index (χ0) is 11.4. The Morgan fingerprint density at radius 3 is 2.81 bits per heavy atom. The van der Waals surface area contributed by atoms with Gasteiger partial charge in [0.15, 0.2) is 0 Å². The van der Waals surface area contributed by atoms with Gasteiger partial charge in [0.1, 0.15) is 0 Å². The standard InChI is InChI=1S/C13H16Br2O/c14-11-5-3-4-10(8-11)9-16-13-7-2-1-6-12(13)15/h3-5,8,12-13H,1-2,6-7,9H2. The zero-order valence-electron chi connectivity index (χ0n) is 9.16. The van der Waals surface area contributed by atoms with Crippen molar-refractivity contribution in [2.24, 2.45) is 0 Å². The van der Waals surface area contributed by atoms with Crippen LogP contribution in [0.1, 0.15) is 31.2 Å². The molecule has 0 heterocycles. The van der Waals surface area contributed by atoms with Crippen molar-refractivity contribution in [2.45, 2.75) is 43.2 Å². The molecule has 16 heavy (non-hydrogen) atoms. The second-order valence-corrected chi connectivity index (χ2v) is 6.37. The topological polar surface area (TPSA) is 9.23 Å². The van der Waals surface area contributed by atoms with Crippen molar-refractivity contribution in [3.05, 3.63) is 34.3 Å². The molecule has 0 amide bonds. The van der Waals surface area contributed by atoms with Crippen LogP contribution in [0.4, 0.5) is 0 Å². The molecule has 1 aromatic carbocycles. The van der Waals surface area contributed by atoms with Crippen molar-refractivity contribution in [3.8, 4) is 0 Å². The van der Waals surface area contributed by atoms with Crippen LogP contribution >= 0.6 is 31.9 Å². The third kappa shape index (κ3) is 3.57. The van der Waals surface area contributed by atoms with Gasteiger partial charge in [-0.2, -0.15) is 0 Å². The lowest BCUT2D eigenvalue weighted by Crippen LogP contribution is -2.27. The van der Waals surface area contributed by atoms with Gasteiger partial charge in [-0.1, -0.05) is 56.8 Å². The highest BCUT2D eigenvalue weighted by molar-refractivity contribution is 9.10. The Labute approximate surface area is 114 Å². The summed E-state index contributed by atoms with van der Waals surface area (Å²) in [6.45, 7) is 0.714. The minimum Gasteiger partial charge on any atom is -0.372 e. The zero-order valence-corrected chi connectivity index (χ0v) is 12.3. The van der Waals surface area contributed by atoms with E-state index in [0.717, 1.165) is 4.47 Å². The molecular weight excluding hydrogens is 332 g/mol. The smallest absolute Gasteiger partial charge is 0.0721 e. The van der Waals surface area contributed by atoms with Crippen LogP contribution in [-0.2, 0) is 11.3 Å². The van der Waals surface area contributed by atoms with Gasteiger partial charge in [0.05, 0.1) is 12.7 Å². The molecule has 0 N–H and O–H groups in total. The Hall–Kier alpha value is 0.140. The van der Waals surface area contributed by atoms with Gasteiger partial charge in [-0.05, 0) is 30.5 Å². The number of rotatable bonds is 3. The van der Waals surface area contributed by atoms with E-state index >= 15 is 0 Å². The van der Waals surface area contributed by atoms with Crippen molar-refractivity contribution in [1.29, 1.82) is 0 Å². The van der Waals surface area contributed by atoms with E-state index in [1.807, 2.05) is 6.07 Å². The maximum absolute atomic E-state index is 5.97. The highest BCUT2D eigenvalue weighted by Crippen LogP contribution is 2.27. The van der Waals surface area contributed by atoms with E-state index in [-0.39, 0.29) is 0 Å². The average molecular weight is 348 g/mol. The lowest BCUT2D eigenvalue weighted by Gasteiger charge is -2.27.